The van der Waals surface area contributed by atoms with E-state index in [4.69, 9.17) is 0 Å². The fourth-order valence-electron chi connectivity index (χ4n) is 2.29. The zero-order valence-corrected chi connectivity index (χ0v) is 10.5. The number of carbonyl (C=O) groups is 2. The molecule has 0 aromatic heterocycles. The van der Waals surface area contributed by atoms with Gasteiger partial charge in [0.1, 0.15) is 0 Å². The second kappa shape index (κ2) is 4.29. The predicted octanol–water partition coefficient (Wildman–Crippen LogP) is -0.391. The van der Waals surface area contributed by atoms with Gasteiger partial charge in [-0.25, -0.2) is 13.2 Å². The van der Waals surface area contributed by atoms with Crippen LogP contribution in [0.2, 0.25) is 0 Å². The Kier molecular flexibility index (Phi) is 3.11. The molecule has 2 rings (SSSR count). The first kappa shape index (κ1) is 12.3. The van der Waals surface area contributed by atoms with Crippen molar-refractivity contribution in [3.05, 3.63) is 0 Å². The van der Waals surface area contributed by atoms with Gasteiger partial charge in [0.25, 0.3) is 0 Å². The fourth-order valence-corrected chi connectivity index (χ4v) is 4.14. The first-order valence-electron chi connectivity index (χ1n) is 5.67. The molecule has 2 fully saturated rings. The molecule has 0 saturated carbocycles. The predicted molar refractivity (Wildman–Crippen MR) is 61.0 cm³/mol. The van der Waals surface area contributed by atoms with Gasteiger partial charge >= 0.3 is 6.03 Å². The number of nitrogens with zero attached hydrogens (tertiary/aromatic N) is 1. The molecule has 7 heteroatoms. The van der Waals surface area contributed by atoms with Gasteiger partial charge in [-0.2, -0.15) is 0 Å². The average molecular weight is 260 g/mol. The quantitative estimate of drug-likeness (QED) is 0.733. The van der Waals surface area contributed by atoms with Crippen LogP contribution in [-0.4, -0.2) is 49.9 Å². The van der Waals surface area contributed by atoms with Crippen molar-refractivity contribution in [2.75, 3.05) is 24.6 Å². The zero-order chi connectivity index (χ0) is 12.6. The second-order valence-electron chi connectivity index (χ2n) is 4.87. The number of hydrogen-bond donors (Lipinski definition) is 1. The number of sulfone groups is 1. The monoisotopic (exact) mass is 260 g/mol. The third-order valence-corrected chi connectivity index (χ3v) is 5.10. The summed E-state index contributed by atoms with van der Waals surface area (Å²) in [6.07, 6.45) is 0.606. The summed E-state index contributed by atoms with van der Waals surface area (Å²) < 4.78 is 22.6. The van der Waals surface area contributed by atoms with E-state index in [1.165, 1.54) is 4.90 Å². The van der Waals surface area contributed by atoms with Gasteiger partial charge in [-0.05, 0) is 12.3 Å². The van der Waals surface area contributed by atoms with Crippen molar-refractivity contribution in [1.82, 2.24) is 10.2 Å². The van der Waals surface area contributed by atoms with Gasteiger partial charge in [-0.15, -0.1) is 0 Å². The normalized spacial score (nSPS) is 32.6. The number of hydrogen-bond acceptors (Lipinski definition) is 4. The van der Waals surface area contributed by atoms with E-state index in [1.54, 1.807) is 6.92 Å². The van der Waals surface area contributed by atoms with Gasteiger partial charge in [-0.1, -0.05) is 6.92 Å². The minimum atomic E-state index is -2.91. The molecule has 0 aliphatic carbocycles. The Hall–Kier alpha value is -1.11. The molecule has 0 bridgehead atoms. The lowest BCUT2D eigenvalue weighted by atomic mass is 10.1. The molecule has 17 heavy (non-hydrogen) atoms. The van der Waals surface area contributed by atoms with E-state index in [2.05, 4.69) is 5.32 Å². The molecule has 2 aliphatic heterocycles. The van der Waals surface area contributed by atoms with Crippen LogP contribution in [0.15, 0.2) is 0 Å². The molecule has 2 heterocycles. The third-order valence-electron chi connectivity index (χ3n) is 3.26. The number of nitrogens with one attached hydrogen (secondary N) is 1. The Balaban J connectivity index is 1.95. The van der Waals surface area contributed by atoms with Crippen LogP contribution in [0.1, 0.15) is 13.3 Å². The van der Waals surface area contributed by atoms with Crippen LogP contribution < -0.4 is 5.32 Å². The van der Waals surface area contributed by atoms with Gasteiger partial charge in [-0.3, -0.25) is 10.1 Å². The van der Waals surface area contributed by atoms with E-state index in [1.807, 2.05) is 0 Å². The molecular weight excluding hydrogens is 244 g/mol. The van der Waals surface area contributed by atoms with E-state index in [0.717, 1.165) is 0 Å². The third kappa shape index (κ3) is 2.77. The Morgan fingerprint density at radius 1 is 1.41 bits per heavy atom. The first-order chi connectivity index (χ1) is 7.87. The van der Waals surface area contributed by atoms with Crippen LogP contribution in [0, 0.1) is 11.8 Å². The SMILES string of the molecule is CC1CN(CC2CCS(=O)(=O)C2)C(=O)NC1=O. The largest absolute Gasteiger partial charge is 0.324 e. The van der Waals surface area contributed by atoms with Gasteiger partial charge in [0.05, 0.1) is 17.4 Å². The van der Waals surface area contributed by atoms with Crippen molar-refractivity contribution in [2.45, 2.75) is 13.3 Å². The summed E-state index contributed by atoms with van der Waals surface area (Å²) in [5.74, 6) is -0.122. The highest BCUT2D eigenvalue weighted by atomic mass is 32.2. The number of amides is 3. The minimum absolute atomic E-state index is 0.00570. The molecule has 0 aromatic carbocycles. The van der Waals surface area contributed by atoms with Crippen LogP contribution in [0.4, 0.5) is 4.79 Å². The summed E-state index contributed by atoms with van der Waals surface area (Å²) in [5, 5.41) is 2.27. The van der Waals surface area contributed by atoms with Crippen molar-refractivity contribution < 1.29 is 18.0 Å². The molecule has 0 aromatic rings. The van der Waals surface area contributed by atoms with Crippen LogP contribution in [0.3, 0.4) is 0 Å². The van der Waals surface area contributed by atoms with E-state index in [-0.39, 0.29) is 29.2 Å². The fraction of sp³-hybridized carbons (Fsp3) is 0.800. The lowest BCUT2D eigenvalue weighted by Crippen LogP contribution is -2.54. The second-order valence-corrected chi connectivity index (χ2v) is 7.10. The Morgan fingerprint density at radius 3 is 2.71 bits per heavy atom. The summed E-state index contributed by atoms with van der Waals surface area (Å²) in [4.78, 5) is 24.3. The molecule has 2 atom stereocenters. The Bertz CT molecular complexity index is 445. The topological polar surface area (TPSA) is 83.6 Å². The molecule has 6 nitrogen and oxygen atoms in total. The summed E-state index contributed by atoms with van der Waals surface area (Å²) in [5.41, 5.74) is 0. The lowest BCUT2D eigenvalue weighted by molar-refractivity contribution is -0.125. The molecule has 0 radical (unpaired) electrons. The van der Waals surface area contributed by atoms with Crippen LogP contribution in [0.5, 0.6) is 0 Å². The van der Waals surface area contributed by atoms with E-state index in [0.29, 0.717) is 19.5 Å². The molecule has 96 valence electrons. The highest BCUT2D eigenvalue weighted by Gasteiger charge is 2.34. The highest BCUT2D eigenvalue weighted by Crippen LogP contribution is 2.21. The number of imide groups is 1. The number of rotatable bonds is 2. The molecule has 2 unspecified atom stereocenters. The van der Waals surface area contributed by atoms with E-state index >= 15 is 0 Å². The smallest absolute Gasteiger partial charge is 0.323 e. The number of urea groups is 1. The van der Waals surface area contributed by atoms with Crippen LogP contribution in [-0.2, 0) is 14.6 Å². The van der Waals surface area contributed by atoms with Crippen LogP contribution in [0.25, 0.3) is 0 Å². The van der Waals surface area contributed by atoms with Gasteiger partial charge in [0.15, 0.2) is 9.84 Å². The average Bonchev–Trinajstić information content (AvgIpc) is 2.54. The maximum atomic E-state index is 11.5. The summed E-state index contributed by atoms with van der Waals surface area (Å²) in [6.45, 7) is 2.55. The van der Waals surface area contributed by atoms with Crippen molar-refractivity contribution in [1.29, 1.82) is 0 Å². The summed E-state index contributed by atoms with van der Waals surface area (Å²) in [7, 11) is -2.91. The first-order valence-corrected chi connectivity index (χ1v) is 7.50. The maximum absolute atomic E-state index is 11.5. The summed E-state index contributed by atoms with van der Waals surface area (Å²) in [6, 6.07) is -0.405. The molecule has 3 amide bonds. The van der Waals surface area contributed by atoms with Crippen molar-refractivity contribution in [3.63, 3.8) is 0 Å². The standard InChI is InChI=1S/C10H16N2O4S/c1-7-4-12(10(14)11-9(7)13)5-8-2-3-17(15,16)6-8/h7-8H,2-6H2,1H3,(H,11,13,14). The zero-order valence-electron chi connectivity index (χ0n) is 9.68. The van der Waals surface area contributed by atoms with Crippen molar-refractivity contribution >= 4 is 21.8 Å². The van der Waals surface area contributed by atoms with Gasteiger partial charge in [0.2, 0.25) is 5.91 Å². The minimum Gasteiger partial charge on any atom is -0.323 e. The maximum Gasteiger partial charge on any atom is 0.324 e. The Morgan fingerprint density at radius 2 is 2.12 bits per heavy atom. The van der Waals surface area contributed by atoms with Crippen molar-refractivity contribution in [2.24, 2.45) is 11.8 Å². The molecular formula is C10H16N2O4S. The van der Waals surface area contributed by atoms with E-state index in [9.17, 15) is 18.0 Å². The van der Waals surface area contributed by atoms with Gasteiger partial charge in [0, 0.05) is 13.1 Å². The van der Waals surface area contributed by atoms with Crippen molar-refractivity contribution in [3.8, 4) is 0 Å². The van der Waals surface area contributed by atoms with Gasteiger partial charge < -0.3 is 4.90 Å². The molecule has 2 aliphatic rings. The van der Waals surface area contributed by atoms with Crippen LogP contribution >= 0.6 is 0 Å². The highest BCUT2D eigenvalue weighted by molar-refractivity contribution is 7.91. The number of carbonyl (C=O) groups excluding carboxylic acids is 2. The Labute approximate surface area is 100 Å². The molecule has 1 N–H and O–H groups in total. The summed E-state index contributed by atoms with van der Waals surface area (Å²) >= 11 is 0. The molecule has 2 saturated heterocycles. The van der Waals surface area contributed by atoms with E-state index < -0.39 is 15.9 Å². The molecule has 0 spiro atoms. The lowest BCUT2D eigenvalue weighted by Gasteiger charge is -2.31.